The van der Waals surface area contributed by atoms with E-state index in [-0.39, 0.29) is 12.6 Å². The zero-order valence-corrected chi connectivity index (χ0v) is 20.4. The van der Waals surface area contributed by atoms with E-state index >= 15 is 0 Å². The molecule has 0 amide bonds. The number of carboxylic acid groups (broad SMARTS) is 1. The van der Waals surface area contributed by atoms with Crippen LogP contribution >= 0.6 is 27.3 Å². The number of aromatic nitrogens is 2. The summed E-state index contributed by atoms with van der Waals surface area (Å²) in [6.07, 6.45) is -0.559. The van der Waals surface area contributed by atoms with E-state index in [9.17, 15) is 19.5 Å². The summed E-state index contributed by atoms with van der Waals surface area (Å²) in [6.45, 7) is 8.44. The van der Waals surface area contributed by atoms with Crippen LogP contribution < -0.4 is 11.2 Å². The summed E-state index contributed by atoms with van der Waals surface area (Å²) >= 11 is 4.75. The second-order valence-corrected chi connectivity index (χ2v) is 10.5. The van der Waals surface area contributed by atoms with Crippen LogP contribution in [-0.2, 0) is 21.6 Å². The van der Waals surface area contributed by atoms with Crippen molar-refractivity contribution in [1.82, 2.24) is 9.13 Å². The standard InChI is InChI=1S/C22H25BrN2O5S/c1-12(2)30-15(14-9-7-6-8-10-14)11-24-19-16(13(3)17(23)31-19)18(26)25(21(24)29)22(4,5)20(27)28/h6-10,12,15H,11H2,1-5H3,(H,27,28)/t15-/m0/s1. The summed E-state index contributed by atoms with van der Waals surface area (Å²) in [7, 11) is 0. The van der Waals surface area contributed by atoms with Gasteiger partial charge in [0.1, 0.15) is 16.5 Å². The third-order valence-electron chi connectivity index (χ3n) is 5.19. The number of hydrogen-bond donors (Lipinski definition) is 1. The molecule has 3 rings (SSSR count). The Morgan fingerprint density at radius 1 is 1.23 bits per heavy atom. The second kappa shape index (κ2) is 8.72. The summed E-state index contributed by atoms with van der Waals surface area (Å²) < 4.78 is 9.13. The van der Waals surface area contributed by atoms with Gasteiger partial charge < -0.3 is 9.84 Å². The van der Waals surface area contributed by atoms with E-state index in [2.05, 4.69) is 15.9 Å². The van der Waals surface area contributed by atoms with Crippen LogP contribution in [-0.4, -0.2) is 26.3 Å². The van der Waals surface area contributed by atoms with E-state index in [1.165, 1.54) is 29.8 Å². The molecule has 0 spiro atoms. The lowest BCUT2D eigenvalue weighted by molar-refractivity contribution is -0.146. The summed E-state index contributed by atoms with van der Waals surface area (Å²) in [5.74, 6) is -1.26. The number of ether oxygens (including phenoxy) is 1. The Bertz CT molecular complexity index is 1240. The van der Waals surface area contributed by atoms with E-state index in [1.54, 1.807) is 6.92 Å². The van der Waals surface area contributed by atoms with Gasteiger partial charge >= 0.3 is 11.7 Å². The van der Waals surface area contributed by atoms with Gasteiger partial charge in [0.25, 0.3) is 5.56 Å². The lowest BCUT2D eigenvalue weighted by Gasteiger charge is -2.26. The Hall–Kier alpha value is -2.23. The van der Waals surface area contributed by atoms with Gasteiger partial charge in [0.15, 0.2) is 0 Å². The van der Waals surface area contributed by atoms with Crippen molar-refractivity contribution >= 4 is 43.5 Å². The molecule has 3 aromatic rings. The summed E-state index contributed by atoms with van der Waals surface area (Å²) in [5.41, 5.74) is -1.43. The molecule has 0 bridgehead atoms. The van der Waals surface area contributed by atoms with E-state index in [0.717, 1.165) is 13.9 Å². The first-order valence-corrected chi connectivity index (χ1v) is 11.5. The van der Waals surface area contributed by atoms with Crippen molar-refractivity contribution in [3.05, 3.63) is 66.1 Å². The molecular weight excluding hydrogens is 484 g/mol. The van der Waals surface area contributed by atoms with E-state index < -0.39 is 28.9 Å². The van der Waals surface area contributed by atoms with Crippen molar-refractivity contribution in [2.75, 3.05) is 0 Å². The molecule has 1 atom stereocenters. The van der Waals surface area contributed by atoms with Crippen LogP contribution in [0.25, 0.3) is 10.2 Å². The number of carboxylic acids is 1. The average molecular weight is 509 g/mol. The smallest absolute Gasteiger partial charge is 0.333 e. The number of thiophene rings is 1. The zero-order valence-electron chi connectivity index (χ0n) is 18.0. The lowest BCUT2D eigenvalue weighted by atomic mass is 10.1. The van der Waals surface area contributed by atoms with Gasteiger partial charge in [-0.15, -0.1) is 11.3 Å². The molecule has 0 unspecified atom stereocenters. The maximum atomic E-state index is 13.5. The van der Waals surface area contributed by atoms with E-state index in [4.69, 9.17) is 4.74 Å². The van der Waals surface area contributed by atoms with Gasteiger partial charge in [0.2, 0.25) is 0 Å². The Labute approximate surface area is 192 Å². The van der Waals surface area contributed by atoms with Crippen LogP contribution in [0.5, 0.6) is 0 Å². The first kappa shape index (κ1) is 23.4. The molecule has 1 aromatic carbocycles. The van der Waals surface area contributed by atoms with Gasteiger partial charge in [-0.25, -0.2) is 14.2 Å². The topological polar surface area (TPSA) is 90.5 Å². The molecule has 166 valence electrons. The van der Waals surface area contributed by atoms with Crippen LogP contribution in [0, 0.1) is 6.92 Å². The molecule has 2 heterocycles. The number of fused-ring (bicyclic) bond motifs is 1. The Kier molecular flexibility index (Phi) is 6.59. The first-order chi connectivity index (χ1) is 14.5. The molecular formula is C22H25BrN2O5S. The minimum Gasteiger partial charge on any atom is -0.480 e. The van der Waals surface area contributed by atoms with Crippen LogP contribution in [0.4, 0.5) is 0 Å². The fraction of sp³-hybridized carbons (Fsp3) is 0.409. The maximum Gasteiger partial charge on any atom is 0.333 e. The van der Waals surface area contributed by atoms with Crippen LogP contribution in [0.2, 0.25) is 0 Å². The van der Waals surface area contributed by atoms with Crippen molar-refractivity contribution in [2.24, 2.45) is 0 Å². The molecule has 0 saturated carbocycles. The van der Waals surface area contributed by atoms with Crippen molar-refractivity contribution in [1.29, 1.82) is 0 Å². The highest BCUT2D eigenvalue weighted by Crippen LogP contribution is 2.34. The normalized spacial score (nSPS) is 13.1. The van der Waals surface area contributed by atoms with Gasteiger partial charge in [-0.05, 0) is 61.7 Å². The van der Waals surface area contributed by atoms with Crippen LogP contribution in [0.3, 0.4) is 0 Å². The van der Waals surface area contributed by atoms with Gasteiger partial charge in [-0.1, -0.05) is 30.3 Å². The highest BCUT2D eigenvalue weighted by molar-refractivity contribution is 9.11. The predicted molar refractivity (Wildman–Crippen MR) is 125 cm³/mol. The molecule has 0 radical (unpaired) electrons. The van der Waals surface area contributed by atoms with Gasteiger partial charge in [0, 0.05) is 0 Å². The molecule has 0 fully saturated rings. The van der Waals surface area contributed by atoms with Crippen molar-refractivity contribution < 1.29 is 14.6 Å². The summed E-state index contributed by atoms with van der Waals surface area (Å²) in [5, 5.41) is 10.1. The van der Waals surface area contributed by atoms with Crippen molar-refractivity contribution in [3.8, 4) is 0 Å². The molecule has 31 heavy (non-hydrogen) atoms. The Balaban J connectivity index is 2.33. The molecule has 1 N–H and O–H groups in total. The van der Waals surface area contributed by atoms with Crippen molar-refractivity contribution in [2.45, 2.75) is 58.9 Å². The first-order valence-electron chi connectivity index (χ1n) is 9.85. The molecule has 0 saturated heterocycles. The monoisotopic (exact) mass is 508 g/mol. The Morgan fingerprint density at radius 3 is 2.39 bits per heavy atom. The van der Waals surface area contributed by atoms with Gasteiger partial charge in [-0.2, -0.15) is 0 Å². The number of benzene rings is 1. The number of nitrogens with zero attached hydrogens (tertiary/aromatic N) is 2. The summed E-state index contributed by atoms with van der Waals surface area (Å²) in [4.78, 5) is 39.2. The average Bonchev–Trinajstić information content (AvgIpc) is 2.99. The second-order valence-electron chi connectivity index (χ2n) is 8.16. The zero-order chi connectivity index (χ0) is 23.1. The SMILES string of the molecule is Cc1c(Br)sc2c1c(=O)n(C(C)(C)C(=O)O)c(=O)n2C[C@H](OC(C)C)c1ccccc1. The largest absolute Gasteiger partial charge is 0.480 e. The number of hydrogen-bond acceptors (Lipinski definition) is 5. The third kappa shape index (κ3) is 4.26. The highest BCUT2D eigenvalue weighted by atomic mass is 79.9. The number of halogens is 1. The fourth-order valence-electron chi connectivity index (χ4n) is 3.46. The van der Waals surface area contributed by atoms with E-state index in [1.807, 2.05) is 44.2 Å². The number of aryl methyl sites for hydroxylation is 1. The van der Waals surface area contributed by atoms with Gasteiger partial charge in [-0.3, -0.25) is 9.36 Å². The quantitative estimate of drug-likeness (QED) is 0.514. The fourth-order valence-corrected chi connectivity index (χ4v) is 5.15. The van der Waals surface area contributed by atoms with Crippen molar-refractivity contribution in [3.63, 3.8) is 0 Å². The molecule has 7 nitrogen and oxygen atoms in total. The minimum atomic E-state index is -1.72. The molecule has 0 aliphatic rings. The summed E-state index contributed by atoms with van der Waals surface area (Å²) in [6, 6.07) is 9.52. The Morgan fingerprint density at radius 2 is 1.84 bits per heavy atom. The van der Waals surface area contributed by atoms with E-state index in [0.29, 0.717) is 15.8 Å². The number of carbonyl (C=O) groups is 1. The lowest BCUT2D eigenvalue weighted by Crippen LogP contribution is -2.52. The molecule has 0 aliphatic carbocycles. The minimum absolute atomic E-state index is 0.102. The molecule has 2 aromatic heterocycles. The maximum absolute atomic E-state index is 13.5. The third-order valence-corrected chi connectivity index (χ3v) is 7.38. The van der Waals surface area contributed by atoms with Crippen LogP contribution in [0.15, 0.2) is 43.7 Å². The number of rotatable bonds is 7. The number of aliphatic carboxylic acids is 1. The van der Waals surface area contributed by atoms with Gasteiger partial charge in [0.05, 0.1) is 21.8 Å². The highest BCUT2D eigenvalue weighted by Gasteiger charge is 2.35. The predicted octanol–water partition coefficient (Wildman–Crippen LogP) is 4.28. The molecule has 9 heteroatoms. The molecule has 0 aliphatic heterocycles. The van der Waals surface area contributed by atoms with Crippen LogP contribution in [0.1, 0.15) is 44.9 Å².